The van der Waals surface area contributed by atoms with Crippen LogP contribution in [0.4, 0.5) is 0 Å². The molecule has 2 heterocycles. The Morgan fingerprint density at radius 3 is 2.94 bits per heavy atom. The van der Waals surface area contributed by atoms with E-state index in [4.69, 9.17) is 4.42 Å². The SMILES string of the molecule is CCC(O)c1nc2cnc3ccccc3c2o1. The Morgan fingerprint density at radius 1 is 1.29 bits per heavy atom. The fourth-order valence-corrected chi connectivity index (χ4v) is 1.86. The number of pyridine rings is 1. The van der Waals surface area contributed by atoms with E-state index in [9.17, 15) is 5.11 Å². The fraction of sp³-hybridized carbons (Fsp3) is 0.231. The highest BCUT2D eigenvalue weighted by molar-refractivity contribution is 6.00. The number of aliphatic hydroxyl groups is 1. The third-order valence-electron chi connectivity index (χ3n) is 2.82. The molecule has 0 spiro atoms. The van der Waals surface area contributed by atoms with E-state index in [1.807, 2.05) is 31.2 Å². The maximum Gasteiger partial charge on any atom is 0.224 e. The van der Waals surface area contributed by atoms with Crippen LogP contribution in [0, 0.1) is 0 Å². The van der Waals surface area contributed by atoms with Gasteiger partial charge in [0.25, 0.3) is 0 Å². The Labute approximate surface area is 97.9 Å². The average molecular weight is 228 g/mol. The molecule has 2 aromatic heterocycles. The number of benzene rings is 1. The first-order chi connectivity index (χ1) is 8.29. The smallest absolute Gasteiger partial charge is 0.224 e. The third kappa shape index (κ3) is 1.57. The molecule has 17 heavy (non-hydrogen) atoms. The van der Waals surface area contributed by atoms with Crippen LogP contribution in [0.1, 0.15) is 25.3 Å². The van der Waals surface area contributed by atoms with Gasteiger partial charge in [-0.3, -0.25) is 4.98 Å². The second-order valence-electron chi connectivity index (χ2n) is 3.97. The molecule has 1 aromatic carbocycles. The summed E-state index contributed by atoms with van der Waals surface area (Å²) in [7, 11) is 0. The summed E-state index contributed by atoms with van der Waals surface area (Å²) in [5.74, 6) is 0.362. The molecule has 3 rings (SSSR count). The van der Waals surface area contributed by atoms with Crippen molar-refractivity contribution in [3.05, 3.63) is 36.4 Å². The summed E-state index contributed by atoms with van der Waals surface area (Å²) in [6.07, 6.45) is 1.60. The maximum absolute atomic E-state index is 9.73. The van der Waals surface area contributed by atoms with Crippen LogP contribution in [0.5, 0.6) is 0 Å². The number of para-hydroxylation sites is 1. The van der Waals surface area contributed by atoms with Gasteiger partial charge in [-0.1, -0.05) is 19.1 Å². The lowest BCUT2D eigenvalue weighted by molar-refractivity contribution is 0.142. The summed E-state index contributed by atoms with van der Waals surface area (Å²) in [5, 5.41) is 10.6. The minimum atomic E-state index is -0.652. The molecule has 86 valence electrons. The summed E-state index contributed by atoms with van der Waals surface area (Å²) in [5.41, 5.74) is 2.25. The van der Waals surface area contributed by atoms with Crippen molar-refractivity contribution >= 4 is 22.0 Å². The van der Waals surface area contributed by atoms with Gasteiger partial charge >= 0.3 is 0 Å². The van der Waals surface area contributed by atoms with Gasteiger partial charge in [0.1, 0.15) is 11.6 Å². The summed E-state index contributed by atoms with van der Waals surface area (Å²) < 4.78 is 5.63. The first kappa shape index (κ1) is 10.2. The van der Waals surface area contributed by atoms with Gasteiger partial charge in [0.15, 0.2) is 5.58 Å². The van der Waals surface area contributed by atoms with Crippen molar-refractivity contribution in [3.63, 3.8) is 0 Å². The predicted octanol–water partition coefficient (Wildman–Crippen LogP) is 2.82. The average Bonchev–Trinajstić information content (AvgIpc) is 2.82. The summed E-state index contributed by atoms with van der Waals surface area (Å²) >= 11 is 0. The molecule has 0 aliphatic heterocycles. The quantitative estimate of drug-likeness (QED) is 0.732. The van der Waals surface area contributed by atoms with Gasteiger partial charge in [-0.2, -0.15) is 0 Å². The summed E-state index contributed by atoms with van der Waals surface area (Å²) in [6.45, 7) is 1.88. The molecule has 1 atom stereocenters. The van der Waals surface area contributed by atoms with Crippen molar-refractivity contribution in [1.82, 2.24) is 9.97 Å². The van der Waals surface area contributed by atoms with Crippen LogP contribution in [-0.4, -0.2) is 15.1 Å². The van der Waals surface area contributed by atoms with E-state index in [1.54, 1.807) is 6.20 Å². The highest BCUT2D eigenvalue weighted by Gasteiger charge is 2.15. The summed E-state index contributed by atoms with van der Waals surface area (Å²) in [6, 6.07) is 7.73. The van der Waals surface area contributed by atoms with E-state index in [0.29, 0.717) is 23.4 Å². The lowest BCUT2D eigenvalue weighted by atomic mass is 10.2. The van der Waals surface area contributed by atoms with E-state index in [2.05, 4.69) is 9.97 Å². The first-order valence-electron chi connectivity index (χ1n) is 5.62. The van der Waals surface area contributed by atoms with Crippen molar-refractivity contribution < 1.29 is 9.52 Å². The zero-order valence-electron chi connectivity index (χ0n) is 9.42. The summed E-state index contributed by atoms with van der Waals surface area (Å²) in [4.78, 5) is 8.56. The Morgan fingerprint density at radius 2 is 2.12 bits per heavy atom. The van der Waals surface area contributed by atoms with Gasteiger partial charge in [0.05, 0.1) is 11.7 Å². The van der Waals surface area contributed by atoms with E-state index < -0.39 is 6.10 Å². The van der Waals surface area contributed by atoms with Crippen LogP contribution in [0.15, 0.2) is 34.9 Å². The van der Waals surface area contributed by atoms with Crippen LogP contribution >= 0.6 is 0 Å². The van der Waals surface area contributed by atoms with Crippen molar-refractivity contribution in [1.29, 1.82) is 0 Å². The van der Waals surface area contributed by atoms with Crippen molar-refractivity contribution in [2.24, 2.45) is 0 Å². The number of aliphatic hydroxyl groups excluding tert-OH is 1. The van der Waals surface area contributed by atoms with E-state index >= 15 is 0 Å². The molecular formula is C13H12N2O2. The van der Waals surface area contributed by atoms with Gasteiger partial charge in [0.2, 0.25) is 5.89 Å². The number of hydrogen-bond donors (Lipinski definition) is 1. The van der Waals surface area contributed by atoms with Crippen molar-refractivity contribution in [2.45, 2.75) is 19.4 Å². The number of nitrogens with zero attached hydrogens (tertiary/aromatic N) is 2. The van der Waals surface area contributed by atoms with Gasteiger partial charge < -0.3 is 9.52 Å². The molecule has 0 radical (unpaired) electrons. The van der Waals surface area contributed by atoms with Crippen molar-refractivity contribution in [3.8, 4) is 0 Å². The first-order valence-corrected chi connectivity index (χ1v) is 5.62. The van der Waals surface area contributed by atoms with Crippen LogP contribution in [0.25, 0.3) is 22.0 Å². The maximum atomic E-state index is 9.73. The predicted molar refractivity (Wildman–Crippen MR) is 64.6 cm³/mol. The van der Waals surface area contributed by atoms with Gasteiger partial charge in [-0.05, 0) is 18.6 Å². The van der Waals surface area contributed by atoms with E-state index in [-0.39, 0.29) is 0 Å². The van der Waals surface area contributed by atoms with Gasteiger partial charge in [-0.15, -0.1) is 0 Å². The molecule has 0 aliphatic rings. The van der Waals surface area contributed by atoms with Crippen LogP contribution < -0.4 is 0 Å². The Bertz CT molecular complexity index is 675. The van der Waals surface area contributed by atoms with Crippen LogP contribution in [0.3, 0.4) is 0 Å². The lowest BCUT2D eigenvalue weighted by Crippen LogP contribution is -1.94. The molecule has 0 amide bonds. The zero-order chi connectivity index (χ0) is 11.8. The molecule has 0 aliphatic carbocycles. The number of hydrogen-bond acceptors (Lipinski definition) is 4. The molecule has 1 unspecified atom stereocenters. The molecule has 0 saturated carbocycles. The normalized spacial score (nSPS) is 13.3. The standard InChI is InChI=1S/C13H12N2O2/c1-2-11(16)13-15-10-7-14-9-6-4-3-5-8(9)12(10)17-13/h3-7,11,16H,2H2,1H3. The molecule has 3 aromatic rings. The largest absolute Gasteiger partial charge is 0.437 e. The molecule has 0 saturated heterocycles. The second-order valence-corrected chi connectivity index (χ2v) is 3.97. The monoisotopic (exact) mass is 228 g/mol. The van der Waals surface area contributed by atoms with Crippen molar-refractivity contribution in [2.75, 3.05) is 0 Å². The third-order valence-corrected chi connectivity index (χ3v) is 2.82. The highest BCUT2D eigenvalue weighted by atomic mass is 16.4. The Kier molecular flexibility index (Phi) is 2.30. The van der Waals surface area contributed by atoms with Crippen LogP contribution in [0.2, 0.25) is 0 Å². The Hall–Kier alpha value is -1.94. The number of oxazole rings is 1. The van der Waals surface area contributed by atoms with Crippen LogP contribution in [-0.2, 0) is 0 Å². The lowest BCUT2D eigenvalue weighted by Gasteiger charge is -1.99. The number of rotatable bonds is 2. The zero-order valence-corrected chi connectivity index (χ0v) is 9.42. The molecule has 4 heteroatoms. The van der Waals surface area contributed by atoms with E-state index in [1.165, 1.54) is 0 Å². The molecule has 0 fully saturated rings. The number of fused-ring (bicyclic) bond motifs is 3. The molecule has 4 nitrogen and oxygen atoms in total. The minimum Gasteiger partial charge on any atom is -0.437 e. The Balaban J connectivity index is 2.31. The fourth-order valence-electron chi connectivity index (χ4n) is 1.86. The van der Waals surface area contributed by atoms with Gasteiger partial charge in [0, 0.05) is 5.39 Å². The topological polar surface area (TPSA) is 59.2 Å². The minimum absolute atomic E-state index is 0.362. The van der Waals surface area contributed by atoms with E-state index in [0.717, 1.165) is 10.9 Å². The van der Waals surface area contributed by atoms with Gasteiger partial charge in [-0.25, -0.2) is 4.98 Å². The highest BCUT2D eigenvalue weighted by Crippen LogP contribution is 2.27. The molecule has 1 N–H and O–H groups in total. The molecular weight excluding hydrogens is 216 g/mol. The second kappa shape index (κ2) is 3.82. The number of aromatic nitrogens is 2. The molecule has 0 bridgehead atoms.